The van der Waals surface area contributed by atoms with E-state index in [1.54, 1.807) is 0 Å². The van der Waals surface area contributed by atoms with E-state index in [1.165, 1.54) is 6.26 Å². The zero-order valence-electron chi connectivity index (χ0n) is 7.01. The Labute approximate surface area is 90.8 Å². The molecule has 0 aromatic heterocycles. The number of alkyl halides is 1. The summed E-state index contributed by atoms with van der Waals surface area (Å²) in [6.45, 7) is 0. The van der Waals surface area contributed by atoms with Gasteiger partial charge in [0.15, 0.2) is 23.3 Å². The molecule has 78 valence electrons. The molecule has 0 heterocycles. The topological polar surface area (TPSA) is 0 Å². The van der Waals surface area contributed by atoms with E-state index in [-0.39, 0.29) is 15.8 Å². The molecule has 0 fully saturated rings. The third-order valence-electron chi connectivity index (χ3n) is 1.65. The maximum Gasteiger partial charge on any atom is 0.198 e. The Bertz CT molecular complexity index is 332. The molecule has 0 saturated heterocycles. The van der Waals surface area contributed by atoms with Gasteiger partial charge in [0, 0.05) is 10.9 Å². The molecule has 0 bridgehead atoms. The molecule has 0 N–H and O–H groups in total. The maximum absolute atomic E-state index is 13.1. The van der Waals surface area contributed by atoms with Gasteiger partial charge in [-0.15, -0.1) is 11.8 Å². The molecule has 1 rings (SSSR count). The second-order valence-electron chi connectivity index (χ2n) is 2.40. The van der Waals surface area contributed by atoms with Gasteiger partial charge in [-0.3, -0.25) is 0 Å². The lowest BCUT2D eigenvalue weighted by atomic mass is 10.2. The van der Waals surface area contributed by atoms with E-state index in [0.29, 0.717) is 0 Å². The minimum Gasteiger partial charge on any atom is -0.203 e. The monoisotopic (exact) mass is 288 g/mol. The molecule has 14 heavy (non-hydrogen) atoms. The van der Waals surface area contributed by atoms with Crippen LogP contribution >= 0.6 is 27.7 Å². The van der Waals surface area contributed by atoms with Crippen LogP contribution < -0.4 is 0 Å². The summed E-state index contributed by atoms with van der Waals surface area (Å²) in [4.78, 5) is -0.210. The summed E-state index contributed by atoms with van der Waals surface area (Å²) < 4.78 is 51.6. The van der Waals surface area contributed by atoms with Crippen molar-refractivity contribution >= 4 is 27.7 Å². The summed E-state index contributed by atoms with van der Waals surface area (Å²) in [5, 5.41) is -0.0663. The highest BCUT2D eigenvalue weighted by atomic mass is 79.9. The zero-order chi connectivity index (χ0) is 10.9. The van der Waals surface area contributed by atoms with Gasteiger partial charge >= 0.3 is 0 Å². The van der Waals surface area contributed by atoms with Crippen LogP contribution in [0.3, 0.4) is 0 Å². The van der Waals surface area contributed by atoms with Crippen LogP contribution in [-0.2, 0) is 5.33 Å². The van der Waals surface area contributed by atoms with Gasteiger partial charge in [0.1, 0.15) is 0 Å². The van der Waals surface area contributed by atoms with Crippen LogP contribution in [0.4, 0.5) is 17.6 Å². The summed E-state index contributed by atoms with van der Waals surface area (Å²) >= 11 is 3.72. The van der Waals surface area contributed by atoms with Crippen molar-refractivity contribution in [2.75, 3.05) is 6.26 Å². The standard InChI is InChI=1S/C8H5BrF4S/c1-14-8-3(2-9)4(10)5(11)6(12)7(8)13/h2H2,1H3. The third kappa shape index (κ3) is 1.77. The fourth-order valence-electron chi connectivity index (χ4n) is 0.989. The van der Waals surface area contributed by atoms with Crippen LogP contribution in [0.1, 0.15) is 5.56 Å². The predicted octanol–water partition coefficient (Wildman–Crippen LogP) is 3.86. The number of hydrogen-bond donors (Lipinski definition) is 0. The molecular weight excluding hydrogens is 284 g/mol. The van der Waals surface area contributed by atoms with E-state index in [9.17, 15) is 17.6 Å². The third-order valence-corrected chi connectivity index (χ3v) is 3.05. The van der Waals surface area contributed by atoms with Crippen molar-refractivity contribution in [1.82, 2.24) is 0 Å². The Hall–Kier alpha value is -0.230. The maximum atomic E-state index is 13.1. The highest BCUT2D eigenvalue weighted by Crippen LogP contribution is 2.31. The lowest BCUT2D eigenvalue weighted by molar-refractivity contribution is 0.394. The van der Waals surface area contributed by atoms with E-state index in [4.69, 9.17) is 0 Å². The molecule has 0 saturated carbocycles. The Morgan fingerprint density at radius 3 is 1.93 bits per heavy atom. The zero-order valence-corrected chi connectivity index (χ0v) is 9.41. The largest absolute Gasteiger partial charge is 0.203 e. The molecule has 0 aliphatic heterocycles. The lowest BCUT2D eigenvalue weighted by Gasteiger charge is -2.08. The van der Waals surface area contributed by atoms with Gasteiger partial charge in [0.05, 0.1) is 4.90 Å². The molecule has 1 aromatic rings. The summed E-state index contributed by atoms with van der Waals surface area (Å²) in [6.07, 6.45) is 1.46. The first-order valence-electron chi connectivity index (χ1n) is 3.49. The highest BCUT2D eigenvalue weighted by molar-refractivity contribution is 9.08. The predicted molar refractivity (Wildman–Crippen MR) is 50.7 cm³/mol. The summed E-state index contributed by atoms with van der Waals surface area (Å²) in [6, 6.07) is 0. The average molecular weight is 289 g/mol. The number of thioether (sulfide) groups is 1. The summed E-state index contributed by atoms with van der Waals surface area (Å²) in [5.74, 6) is -6.22. The van der Waals surface area contributed by atoms with E-state index >= 15 is 0 Å². The molecular formula is C8H5BrF4S. The highest BCUT2D eigenvalue weighted by Gasteiger charge is 2.23. The van der Waals surface area contributed by atoms with Crippen LogP contribution in [0, 0.1) is 23.3 Å². The Morgan fingerprint density at radius 1 is 1.00 bits per heavy atom. The van der Waals surface area contributed by atoms with E-state index < -0.39 is 23.3 Å². The van der Waals surface area contributed by atoms with Crippen molar-refractivity contribution in [3.63, 3.8) is 0 Å². The first-order valence-corrected chi connectivity index (χ1v) is 5.84. The number of hydrogen-bond acceptors (Lipinski definition) is 1. The summed E-state index contributed by atoms with van der Waals surface area (Å²) in [5.41, 5.74) is -0.200. The van der Waals surface area contributed by atoms with Gasteiger partial charge in [0.25, 0.3) is 0 Å². The van der Waals surface area contributed by atoms with Gasteiger partial charge in [-0.25, -0.2) is 17.6 Å². The van der Waals surface area contributed by atoms with Crippen molar-refractivity contribution in [2.24, 2.45) is 0 Å². The molecule has 0 spiro atoms. The first-order chi connectivity index (χ1) is 6.54. The van der Waals surface area contributed by atoms with E-state index in [1.807, 2.05) is 0 Å². The van der Waals surface area contributed by atoms with Crippen molar-refractivity contribution in [3.8, 4) is 0 Å². The SMILES string of the molecule is CSc1c(F)c(F)c(F)c(F)c1CBr. The van der Waals surface area contributed by atoms with Crippen LogP contribution in [0.15, 0.2) is 4.90 Å². The molecule has 0 aliphatic carbocycles. The molecule has 0 unspecified atom stereocenters. The number of rotatable bonds is 2. The molecule has 0 aliphatic rings. The second-order valence-corrected chi connectivity index (χ2v) is 3.78. The smallest absolute Gasteiger partial charge is 0.198 e. The van der Waals surface area contributed by atoms with Crippen LogP contribution in [0.25, 0.3) is 0 Å². The molecule has 0 nitrogen and oxygen atoms in total. The minimum atomic E-state index is -1.77. The Balaban J connectivity index is 3.57. The Morgan fingerprint density at radius 2 is 1.50 bits per heavy atom. The minimum absolute atomic E-state index is 0.0663. The van der Waals surface area contributed by atoms with Crippen LogP contribution in [0.2, 0.25) is 0 Å². The van der Waals surface area contributed by atoms with Crippen molar-refractivity contribution < 1.29 is 17.6 Å². The van der Waals surface area contributed by atoms with Gasteiger partial charge in [-0.2, -0.15) is 0 Å². The van der Waals surface area contributed by atoms with E-state index in [0.717, 1.165) is 11.8 Å². The Kier molecular flexibility index (Phi) is 3.83. The van der Waals surface area contributed by atoms with Gasteiger partial charge in [-0.05, 0) is 6.26 Å². The first kappa shape index (κ1) is 11.8. The second kappa shape index (κ2) is 4.53. The fraction of sp³-hybridized carbons (Fsp3) is 0.250. The molecule has 1 aromatic carbocycles. The molecule has 0 atom stereocenters. The van der Waals surface area contributed by atoms with Crippen molar-refractivity contribution in [2.45, 2.75) is 10.2 Å². The number of halogens is 5. The molecule has 0 radical (unpaired) electrons. The van der Waals surface area contributed by atoms with Gasteiger partial charge in [-0.1, -0.05) is 15.9 Å². The lowest BCUT2D eigenvalue weighted by Crippen LogP contribution is -2.03. The van der Waals surface area contributed by atoms with Crippen molar-refractivity contribution in [3.05, 3.63) is 28.8 Å². The average Bonchev–Trinajstić information content (AvgIpc) is 2.20. The fourth-order valence-corrected chi connectivity index (χ4v) is 2.38. The summed E-state index contributed by atoms with van der Waals surface area (Å²) in [7, 11) is 0. The normalized spacial score (nSPS) is 10.7. The van der Waals surface area contributed by atoms with E-state index in [2.05, 4.69) is 15.9 Å². The molecule has 0 amide bonds. The quantitative estimate of drug-likeness (QED) is 0.262. The van der Waals surface area contributed by atoms with Crippen molar-refractivity contribution in [1.29, 1.82) is 0 Å². The number of benzene rings is 1. The molecule has 6 heteroatoms. The van der Waals surface area contributed by atoms with Crippen LogP contribution in [-0.4, -0.2) is 6.26 Å². The van der Waals surface area contributed by atoms with Crippen LogP contribution in [0.5, 0.6) is 0 Å². The van der Waals surface area contributed by atoms with Gasteiger partial charge < -0.3 is 0 Å². The van der Waals surface area contributed by atoms with Gasteiger partial charge in [0.2, 0.25) is 0 Å².